The fourth-order valence-electron chi connectivity index (χ4n) is 6.60. The van der Waals surface area contributed by atoms with Gasteiger partial charge in [-0.15, -0.1) is 0 Å². The van der Waals surface area contributed by atoms with E-state index in [9.17, 15) is 0 Å². The van der Waals surface area contributed by atoms with Crippen LogP contribution < -0.4 is 0 Å². The summed E-state index contributed by atoms with van der Waals surface area (Å²) >= 11 is 0. The molecule has 0 bridgehead atoms. The van der Waals surface area contributed by atoms with E-state index in [2.05, 4.69) is 158 Å². The zero-order chi connectivity index (χ0) is 30.5. The second-order valence-electron chi connectivity index (χ2n) is 11.7. The van der Waals surface area contributed by atoms with E-state index in [1.54, 1.807) is 0 Å². The van der Waals surface area contributed by atoms with Crippen molar-refractivity contribution in [3.63, 3.8) is 0 Å². The van der Waals surface area contributed by atoms with Crippen LogP contribution in [0.3, 0.4) is 0 Å². The van der Waals surface area contributed by atoms with E-state index in [1.807, 2.05) is 6.20 Å². The normalized spacial score (nSPS) is 11.5. The van der Waals surface area contributed by atoms with Crippen LogP contribution in [-0.4, -0.2) is 15.0 Å². The van der Waals surface area contributed by atoms with Gasteiger partial charge in [0.25, 0.3) is 0 Å². The Kier molecular flexibility index (Phi) is 6.14. The molecule has 0 aliphatic carbocycles. The number of fused-ring (bicyclic) bond motifs is 5. The summed E-state index contributed by atoms with van der Waals surface area (Å²) in [6.45, 7) is 0. The molecule has 0 unspecified atom stereocenters. The second-order valence-corrected chi connectivity index (χ2v) is 11.7. The zero-order valence-electron chi connectivity index (χ0n) is 24.9. The minimum absolute atomic E-state index is 0.690. The van der Waals surface area contributed by atoms with E-state index < -0.39 is 0 Å². The predicted molar refractivity (Wildman–Crippen MR) is 192 cm³/mol. The minimum atomic E-state index is 0.690. The first-order valence-corrected chi connectivity index (χ1v) is 15.5. The van der Waals surface area contributed by atoms with Crippen LogP contribution in [0.25, 0.3) is 88.2 Å². The van der Waals surface area contributed by atoms with Gasteiger partial charge in [-0.05, 0) is 62.0 Å². The molecule has 3 nitrogen and oxygen atoms in total. The molecule has 9 aromatic rings. The maximum atomic E-state index is 5.24. The smallest absolute Gasteiger partial charge is 0.160 e. The average molecular weight is 586 g/mol. The SMILES string of the molecule is c1ccc2cc(-c3cc(-c4cc5ccccc5c5ccccc45)nc(-c4ccc(-c5nccc6ccccc56)cc4)n3)ccc2c1. The lowest BCUT2D eigenvalue weighted by molar-refractivity contribution is 1.19. The van der Waals surface area contributed by atoms with E-state index in [0.29, 0.717) is 5.82 Å². The van der Waals surface area contributed by atoms with Crippen LogP contribution in [0.4, 0.5) is 0 Å². The fourth-order valence-corrected chi connectivity index (χ4v) is 6.60. The van der Waals surface area contributed by atoms with Gasteiger partial charge in [-0.3, -0.25) is 4.98 Å². The number of pyridine rings is 1. The molecule has 0 aliphatic rings. The molecule has 0 amide bonds. The summed E-state index contributed by atoms with van der Waals surface area (Å²) in [5.74, 6) is 0.690. The lowest BCUT2D eigenvalue weighted by Gasteiger charge is -2.14. The molecule has 46 heavy (non-hydrogen) atoms. The molecule has 0 spiro atoms. The van der Waals surface area contributed by atoms with Crippen LogP contribution in [0.5, 0.6) is 0 Å². The summed E-state index contributed by atoms with van der Waals surface area (Å²) in [6, 6.07) is 55.5. The highest BCUT2D eigenvalue weighted by Gasteiger charge is 2.15. The molecule has 214 valence electrons. The standard InChI is InChI=1S/C43H27N3/c1-2-11-32-25-34(22-17-28(32)9-1)40-27-41(39-26-33-12-4-5-13-35(33)37-15-7-8-16-38(37)39)46-43(45-40)31-20-18-30(19-21-31)42-36-14-6-3-10-29(36)23-24-44-42/h1-27H. The van der Waals surface area contributed by atoms with Gasteiger partial charge in [-0.1, -0.05) is 133 Å². The van der Waals surface area contributed by atoms with Crippen LogP contribution in [0, 0.1) is 0 Å². The number of nitrogens with zero attached hydrogens (tertiary/aromatic N) is 3. The van der Waals surface area contributed by atoms with E-state index in [4.69, 9.17) is 15.0 Å². The van der Waals surface area contributed by atoms with E-state index >= 15 is 0 Å². The Bertz CT molecular complexity index is 2580. The van der Waals surface area contributed by atoms with Crippen molar-refractivity contribution in [3.8, 4) is 45.2 Å². The molecule has 0 aliphatic heterocycles. The maximum Gasteiger partial charge on any atom is 0.160 e. The molecule has 0 radical (unpaired) electrons. The minimum Gasteiger partial charge on any atom is -0.256 e. The Morgan fingerprint density at radius 2 is 0.957 bits per heavy atom. The van der Waals surface area contributed by atoms with Gasteiger partial charge in [0, 0.05) is 33.8 Å². The van der Waals surface area contributed by atoms with Crippen LogP contribution in [0.1, 0.15) is 0 Å². The Morgan fingerprint density at radius 3 is 1.78 bits per heavy atom. The molecule has 0 saturated carbocycles. The third kappa shape index (κ3) is 4.49. The number of hydrogen-bond acceptors (Lipinski definition) is 3. The van der Waals surface area contributed by atoms with Gasteiger partial charge >= 0.3 is 0 Å². The van der Waals surface area contributed by atoms with Gasteiger partial charge in [0.1, 0.15) is 0 Å². The van der Waals surface area contributed by atoms with Crippen molar-refractivity contribution in [2.75, 3.05) is 0 Å². The van der Waals surface area contributed by atoms with E-state index in [1.165, 1.54) is 37.7 Å². The van der Waals surface area contributed by atoms with Crippen molar-refractivity contribution in [1.29, 1.82) is 0 Å². The van der Waals surface area contributed by atoms with Crippen molar-refractivity contribution in [2.24, 2.45) is 0 Å². The molecule has 0 fully saturated rings. The van der Waals surface area contributed by atoms with Gasteiger partial charge in [0.15, 0.2) is 5.82 Å². The van der Waals surface area contributed by atoms with Gasteiger partial charge in [-0.25, -0.2) is 9.97 Å². The largest absolute Gasteiger partial charge is 0.256 e. The lowest BCUT2D eigenvalue weighted by Crippen LogP contribution is -1.97. The van der Waals surface area contributed by atoms with Crippen molar-refractivity contribution in [2.45, 2.75) is 0 Å². The molecule has 2 aromatic heterocycles. The molecule has 2 heterocycles. The Balaban J connectivity index is 1.24. The van der Waals surface area contributed by atoms with E-state index in [-0.39, 0.29) is 0 Å². The molecule has 0 N–H and O–H groups in total. The monoisotopic (exact) mass is 585 g/mol. The maximum absolute atomic E-state index is 5.24. The highest BCUT2D eigenvalue weighted by atomic mass is 14.9. The summed E-state index contributed by atoms with van der Waals surface area (Å²) in [6.07, 6.45) is 1.88. The quantitative estimate of drug-likeness (QED) is 0.193. The van der Waals surface area contributed by atoms with Crippen molar-refractivity contribution in [3.05, 3.63) is 164 Å². The first kappa shape index (κ1) is 26.2. The summed E-state index contributed by atoms with van der Waals surface area (Å²) in [4.78, 5) is 15.2. The highest BCUT2D eigenvalue weighted by Crippen LogP contribution is 2.37. The summed E-state index contributed by atoms with van der Waals surface area (Å²) in [5.41, 5.74) is 6.93. The van der Waals surface area contributed by atoms with Crippen LogP contribution >= 0.6 is 0 Å². The molecule has 0 saturated heterocycles. The first-order chi connectivity index (χ1) is 22.8. The van der Waals surface area contributed by atoms with Gasteiger partial charge < -0.3 is 0 Å². The number of rotatable bonds is 4. The Hall–Kier alpha value is -6.19. The van der Waals surface area contributed by atoms with Crippen LogP contribution in [-0.2, 0) is 0 Å². The summed E-state index contributed by atoms with van der Waals surface area (Å²) in [5, 5.41) is 9.53. The van der Waals surface area contributed by atoms with Gasteiger partial charge in [0.2, 0.25) is 0 Å². The van der Waals surface area contributed by atoms with Crippen LogP contribution in [0.2, 0.25) is 0 Å². The molecule has 0 atom stereocenters. The van der Waals surface area contributed by atoms with Gasteiger partial charge in [-0.2, -0.15) is 0 Å². The van der Waals surface area contributed by atoms with Crippen molar-refractivity contribution >= 4 is 43.1 Å². The summed E-state index contributed by atoms with van der Waals surface area (Å²) < 4.78 is 0. The molecular formula is C43H27N3. The Labute approximate surface area is 266 Å². The topological polar surface area (TPSA) is 38.7 Å². The highest BCUT2D eigenvalue weighted by molar-refractivity contribution is 6.13. The summed E-state index contributed by atoms with van der Waals surface area (Å²) in [7, 11) is 0. The first-order valence-electron chi connectivity index (χ1n) is 15.5. The number of benzene rings is 7. The second kappa shape index (κ2) is 10.8. The molecular weight excluding hydrogens is 558 g/mol. The molecule has 3 heteroatoms. The van der Waals surface area contributed by atoms with Crippen LogP contribution in [0.15, 0.2) is 164 Å². The van der Waals surface area contributed by atoms with Crippen molar-refractivity contribution in [1.82, 2.24) is 15.0 Å². The fraction of sp³-hybridized carbons (Fsp3) is 0. The van der Waals surface area contributed by atoms with E-state index in [0.717, 1.165) is 44.7 Å². The molecule has 7 aromatic carbocycles. The Morgan fingerprint density at radius 1 is 0.348 bits per heavy atom. The third-order valence-corrected chi connectivity index (χ3v) is 8.91. The van der Waals surface area contributed by atoms with Crippen molar-refractivity contribution < 1.29 is 0 Å². The third-order valence-electron chi connectivity index (χ3n) is 8.91. The lowest BCUT2D eigenvalue weighted by atomic mass is 9.94. The van der Waals surface area contributed by atoms with Gasteiger partial charge in [0.05, 0.1) is 17.1 Å². The number of aromatic nitrogens is 3. The average Bonchev–Trinajstić information content (AvgIpc) is 3.14. The number of hydrogen-bond donors (Lipinski definition) is 0. The predicted octanol–water partition coefficient (Wildman–Crippen LogP) is 11.2. The molecule has 9 rings (SSSR count). The zero-order valence-corrected chi connectivity index (χ0v) is 24.9.